The van der Waals surface area contributed by atoms with Gasteiger partial charge in [0.15, 0.2) is 6.29 Å². The molecular weight excluding hydrogens is 256 g/mol. The number of ether oxygens (including phenoxy) is 1. The molecule has 1 aromatic rings. The Kier molecular flexibility index (Phi) is 5.12. The zero-order valence-corrected chi connectivity index (χ0v) is 10.2. The first-order valence-electron chi connectivity index (χ1n) is 5.49. The van der Waals surface area contributed by atoms with Crippen molar-refractivity contribution in [2.24, 2.45) is 0 Å². The van der Waals surface area contributed by atoms with E-state index in [4.69, 9.17) is 5.26 Å². The molecule has 19 heavy (non-hydrogen) atoms. The van der Waals surface area contributed by atoms with E-state index in [1.807, 2.05) is 0 Å². The van der Waals surface area contributed by atoms with Crippen LogP contribution in [0.3, 0.4) is 0 Å². The lowest BCUT2D eigenvalue weighted by molar-refractivity contribution is -0.142. The predicted molar refractivity (Wildman–Crippen MR) is 61.8 cm³/mol. The molecule has 0 N–H and O–H groups in total. The summed E-state index contributed by atoms with van der Waals surface area (Å²) in [5.41, 5.74) is -0.816. The summed E-state index contributed by atoms with van der Waals surface area (Å²) in [6.45, 7) is 1.69. The quantitative estimate of drug-likeness (QED) is 0.607. The fraction of sp³-hybridized carbons (Fsp3) is 0.308. The number of hydrogen-bond acceptors (Lipinski definition) is 4. The van der Waals surface area contributed by atoms with Gasteiger partial charge in [0.2, 0.25) is 0 Å². The van der Waals surface area contributed by atoms with E-state index in [0.29, 0.717) is 6.29 Å². The fourth-order valence-corrected chi connectivity index (χ4v) is 1.67. The highest BCUT2D eigenvalue weighted by atomic mass is 19.3. The van der Waals surface area contributed by atoms with Crippen molar-refractivity contribution in [3.8, 4) is 6.07 Å². The number of nitriles is 1. The minimum atomic E-state index is -2.84. The van der Waals surface area contributed by atoms with E-state index in [1.165, 1.54) is 0 Å². The first-order chi connectivity index (χ1) is 9.04. The van der Waals surface area contributed by atoms with E-state index in [0.717, 1.165) is 12.1 Å². The second kappa shape index (κ2) is 6.59. The van der Waals surface area contributed by atoms with Crippen LogP contribution in [0.4, 0.5) is 8.78 Å². The summed E-state index contributed by atoms with van der Waals surface area (Å²) in [4.78, 5) is 22.4. The third-order valence-corrected chi connectivity index (χ3v) is 2.49. The van der Waals surface area contributed by atoms with E-state index < -0.39 is 24.4 Å². The number of hydrogen-bond donors (Lipinski definition) is 0. The van der Waals surface area contributed by atoms with Gasteiger partial charge in [-0.25, -0.2) is 8.78 Å². The van der Waals surface area contributed by atoms with Gasteiger partial charge in [0.1, 0.15) is 0 Å². The van der Waals surface area contributed by atoms with Crippen LogP contribution in [0.5, 0.6) is 0 Å². The molecule has 0 saturated carbocycles. The van der Waals surface area contributed by atoms with Crippen LogP contribution in [0, 0.1) is 11.3 Å². The van der Waals surface area contributed by atoms with Gasteiger partial charge >= 0.3 is 5.97 Å². The second-order valence-corrected chi connectivity index (χ2v) is 3.61. The Morgan fingerprint density at radius 1 is 1.53 bits per heavy atom. The molecule has 0 saturated heterocycles. The predicted octanol–water partition coefficient (Wildman–Crippen LogP) is 2.41. The zero-order chi connectivity index (χ0) is 14.4. The van der Waals surface area contributed by atoms with Gasteiger partial charge < -0.3 is 4.74 Å². The Balaban J connectivity index is 3.34. The molecule has 1 rings (SSSR count). The summed E-state index contributed by atoms with van der Waals surface area (Å²) in [6.07, 6.45) is -2.99. The van der Waals surface area contributed by atoms with Crippen LogP contribution in [0.1, 0.15) is 40.4 Å². The maximum absolute atomic E-state index is 12.9. The highest BCUT2D eigenvalue weighted by molar-refractivity contribution is 5.85. The number of rotatable bonds is 5. The number of benzene rings is 1. The lowest BCUT2D eigenvalue weighted by Gasteiger charge is -2.12. The number of alkyl halides is 2. The Morgan fingerprint density at radius 2 is 2.21 bits per heavy atom. The number of halogens is 2. The van der Waals surface area contributed by atoms with Crippen molar-refractivity contribution in [1.29, 1.82) is 5.26 Å². The maximum Gasteiger partial charge on any atom is 0.310 e. The standard InChI is InChI=1S/C13H11F2NO3/c1-2-19-12(18)5-10-9(13(14)15)4-3-8(6-16)11(10)7-17/h3-4,7,13H,2,5H2,1H3. The molecule has 1 aromatic carbocycles. The number of aldehydes is 1. The van der Waals surface area contributed by atoms with Crippen LogP contribution >= 0.6 is 0 Å². The van der Waals surface area contributed by atoms with Crippen LogP contribution < -0.4 is 0 Å². The summed E-state index contributed by atoms with van der Waals surface area (Å²) < 4.78 is 30.4. The van der Waals surface area contributed by atoms with Crippen molar-refractivity contribution < 1.29 is 23.1 Å². The summed E-state index contributed by atoms with van der Waals surface area (Å²) in [5.74, 6) is -0.720. The number of nitrogens with zero attached hydrogens (tertiary/aromatic N) is 1. The van der Waals surface area contributed by atoms with Crippen molar-refractivity contribution in [1.82, 2.24) is 0 Å². The largest absolute Gasteiger partial charge is 0.466 e. The molecule has 100 valence electrons. The summed E-state index contributed by atoms with van der Waals surface area (Å²) in [5, 5.41) is 8.83. The van der Waals surface area contributed by atoms with Crippen LogP contribution in [0.25, 0.3) is 0 Å². The van der Waals surface area contributed by atoms with Crippen LogP contribution in [-0.2, 0) is 16.0 Å². The van der Waals surface area contributed by atoms with Crippen molar-refractivity contribution in [3.05, 3.63) is 34.4 Å². The molecule has 0 bridgehead atoms. The molecule has 0 aliphatic rings. The second-order valence-electron chi connectivity index (χ2n) is 3.61. The van der Waals surface area contributed by atoms with E-state index >= 15 is 0 Å². The normalized spacial score (nSPS) is 10.1. The van der Waals surface area contributed by atoms with Gasteiger partial charge in [-0.3, -0.25) is 9.59 Å². The zero-order valence-electron chi connectivity index (χ0n) is 10.2. The average Bonchev–Trinajstić information content (AvgIpc) is 2.37. The van der Waals surface area contributed by atoms with Crippen LogP contribution in [0.15, 0.2) is 12.1 Å². The molecule has 0 aromatic heterocycles. The first kappa shape index (κ1) is 14.8. The molecule has 0 fully saturated rings. The highest BCUT2D eigenvalue weighted by Gasteiger charge is 2.21. The monoisotopic (exact) mass is 267 g/mol. The topological polar surface area (TPSA) is 67.2 Å². The third-order valence-electron chi connectivity index (χ3n) is 2.49. The molecule has 0 radical (unpaired) electrons. The fourth-order valence-electron chi connectivity index (χ4n) is 1.67. The van der Waals surface area contributed by atoms with E-state index in [1.54, 1.807) is 13.0 Å². The van der Waals surface area contributed by atoms with Gasteiger partial charge in [-0.1, -0.05) is 6.07 Å². The van der Waals surface area contributed by atoms with Gasteiger partial charge in [-0.2, -0.15) is 5.26 Å². The molecule has 0 aliphatic heterocycles. The summed E-state index contributed by atoms with van der Waals surface area (Å²) in [7, 11) is 0. The van der Waals surface area contributed by atoms with Gasteiger partial charge in [-0.15, -0.1) is 0 Å². The van der Waals surface area contributed by atoms with Crippen molar-refractivity contribution in [2.45, 2.75) is 19.8 Å². The van der Waals surface area contributed by atoms with Crippen LogP contribution in [0.2, 0.25) is 0 Å². The van der Waals surface area contributed by atoms with Gasteiger partial charge in [0.25, 0.3) is 6.43 Å². The van der Waals surface area contributed by atoms with Crippen molar-refractivity contribution >= 4 is 12.3 Å². The molecule has 0 unspecified atom stereocenters. The summed E-state index contributed by atoms with van der Waals surface area (Å²) >= 11 is 0. The van der Waals surface area contributed by atoms with E-state index in [9.17, 15) is 18.4 Å². The molecule has 6 heteroatoms. The third kappa shape index (κ3) is 3.35. The lowest BCUT2D eigenvalue weighted by Crippen LogP contribution is -2.12. The molecular formula is C13H11F2NO3. The van der Waals surface area contributed by atoms with Gasteiger partial charge in [-0.05, 0) is 18.6 Å². The van der Waals surface area contributed by atoms with E-state index in [-0.39, 0.29) is 23.3 Å². The number of carbonyl (C=O) groups is 2. The van der Waals surface area contributed by atoms with Crippen molar-refractivity contribution in [2.75, 3.05) is 6.61 Å². The Labute approximate surface area is 108 Å². The molecule has 0 atom stereocenters. The number of carbonyl (C=O) groups excluding carboxylic acids is 2. The van der Waals surface area contributed by atoms with Gasteiger partial charge in [0, 0.05) is 11.1 Å². The average molecular weight is 267 g/mol. The highest BCUT2D eigenvalue weighted by Crippen LogP contribution is 2.27. The minimum Gasteiger partial charge on any atom is -0.466 e. The Morgan fingerprint density at radius 3 is 2.68 bits per heavy atom. The smallest absolute Gasteiger partial charge is 0.310 e. The van der Waals surface area contributed by atoms with Crippen LogP contribution in [-0.4, -0.2) is 18.9 Å². The van der Waals surface area contributed by atoms with Crippen molar-refractivity contribution in [3.63, 3.8) is 0 Å². The SMILES string of the molecule is CCOC(=O)Cc1c(C(F)F)ccc(C#N)c1C=O. The van der Waals surface area contributed by atoms with E-state index in [2.05, 4.69) is 4.74 Å². The minimum absolute atomic E-state index is 0.0429. The molecule has 0 aliphatic carbocycles. The molecule has 0 spiro atoms. The molecule has 4 nitrogen and oxygen atoms in total. The molecule has 0 amide bonds. The number of esters is 1. The Hall–Kier alpha value is -2.29. The maximum atomic E-state index is 12.9. The molecule has 0 heterocycles. The lowest BCUT2D eigenvalue weighted by atomic mass is 9.95. The Bertz CT molecular complexity index is 535. The summed E-state index contributed by atoms with van der Waals surface area (Å²) in [6, 6.07) is 3.92. The first-order valence-corrected chi connectivity index (χ1v) is 5.49. The van der Waals surface area contributed by atoms with Gasteiger partial charge in [0.05, 0.1) is 24.7 Å².